The molecule has 0 spiro atoms. The number of carbonyl (C=O) groups is 1. The molecule has 1 aromatic rings. The van der Waals surface area contributed by atoms with Crippen LogP contribution in [0.5, 0.6) is 0 Å². The van der Waals surface area contributed by atoms with Crippen LogP contribution in [0.15, 0.2) is 22.7 Å². The lowest BCUT2D eigenvalue weighted by atomic mass is 10.1. The van der Waals surface area contributed by atoms with Crippen LogP contribution in [0.4, 0.5) is 0 Å². The lowest BCUT2D eigenvalue weighted by Gasteiger charge is -2.36. The maximum Gasteiger partial charge on any atom is 0.165 e. The van der Waals surface area contributed by atoms with Gasteiger partial charge in [0.2, 0.25) is 0 Å². The Morgan fingerprint density at radius 1 is 1.50 bits per heavy atom. The zero-order valence-corrected chi connectivity index (χ0v) is 14.1. The Bertz CT molecular complexity index is 495. The molecule has 1 fully saturated rings. The van der Waals surface area contributed by atoms with Crippen LogP contribution in [0.25, 0.3) is 0 Å². The molecule has 1 aliphatic heterocycles. The van der Waals surface area contributed by atoms with Gasteiger partial charge in [-0.3, -0.25) is 9.69 Å². The molecule has 1 saturated heterocycles. The average Bonchev–Trinajstić information content (AvgIpc) is 2.39. The third kappa shape index (κ3) is 4.04. The molecule has 0 radical (unpaired) electrons. The maximum absolute atomic E-state index is 12.2. The second kappa shape index (κ2) is 7.03. The normalized spacial score (nSPS) is 23.8. The van der Waals surface area contributed by atoms with Gasteiger partial charge in [-0.15, -0.1) is 0 Å². The molecule has 5 heteroatoms. The number of ketones is 1. The van der Waals surface area contributed by atoms with Crippen LogP contribution in [0.3, 0.4) is 0 Å². The Labute approximate surface area is 133 Å². The number of nitrogens with zero attached hydrogens (tertiary/aromatic N) is 1. The van der Waals surface area contributed by atoms with Crippen LogP contribution in [0.2, 0.25) is 5.02 Å². The fourth-order valence-electron chi connectivity index (χ4n) is 2.38. The number of halogens is 2. The van der Waals surface area contributed by atoms with Crippen LogP contribution in [0, 0.1) is 0 Å². The largest absolute Gasteiger partial charge is 0.376 e. The van der Waals surface area contributed by atoms with Crippen molar-refractivity contribution in [3.05, 3.63) is 33.3 Å². The van der Waals surface area contributed by atoms with E-state index in [9.17, 15) is 4.79 Å². The zero-order chi connectivity index (χ0) is 14.7. The van der Waals surface area contributed by atoms with Crippen LogP contribution < -0.4 is 0 Å². The van der Waals surface area contributed by atoms with Gasteiger partial charge in [-0.05, 0) is 32.0 Å². The third-order valence-corrected chi connectivity index (χ3v) is 4.40. The lowest BCUT2D eigenvalue weighted by Crippen LogP contribution is -2.47. The molecule has 1 aliphatic rings. The molecule has 110 valence electrons. The van der Waals surface area contributed by atoms with Crippen LogP contribution in [-0.2, 0) is 4.74 Å². The van der Waals surface area contributed by atoms with E-state index in [1.54, 1.807) is 12.1 Å². The van der Waals surface area contributed by atoms with Crippen molar-refractivity contribution in [3.63, 3.8) is 0 Å². The first kappa shape index (κ1) is 16.0. The molecule has 2 unspecified atom stereocenters. The molecule has 1 aromatic carbocycles. The molecule has 0 aromatic heterocycles. The minimum absolute atomic E-state index is 0.0915. The quantitative estimate of drug-likeness (QED) is 0.765. The minimum atomic E-state index is 0.0915. The number of rotatable bonds is 4. The summed E-state index contributed by atoms with van der Waals surface area (Å²) in [6.07, 6.45) is 0.718. The third-order valence-electron chi connectivity index (χ3n) is 3.59. The summed E-state index contributed by atoms with van der Waals surface area (Å²) in [5.41, 5.74) is 0.601. The fourth-order valence-corrected chi connectivity index (χ4v) is 3.16. The molecule has 2 atom stereocenters. The zero-order valence-electron chi connectivity index (χ0n) is 11.7. The summed E-state index contributed by atoms with van der Waals surface area (Å²) in [7, 11) is 0. The molecular formula is C15H19BrClNO2. The number of Topliss-reactive ketones (excluding diaryl/α,β-unsaturated/α-hetero) is 1. The molecule has 2 rings (SSSR count). The number of benzene rings is 1. The summed E-state index contributed by atoms with van der Waals surface area (Å²) in [4.78, 5) is 14.6. The van der Waals surface area contributed by atoms with Crippen molar-refractivity contribution in [2.45, 2.75) is 32.4 Å². The highest BCUT2D eigenvalue weighted by Gasteiger charge is 2.24. The Kier molecular flexibility index (Phi) is 5.61. The highest BCUT2D eigenvalue weighted by Crippen LogP contribution is 2.23. The van der Waals surface area contributed by atoms with Gasteiger partial charge in [0.1, 0.15) is 0 Å². The lowest BCUT2D eigenvalue weighted by molar-refractivity contribution is -0.0488. The highest BCUT2D eigenvalue weighted by atomic mass is 79.9. The van der Waals surface area contributed by atoms with E-state index >= 15 is 0 Å². The molecule has 0 amide bonds. The number of ether oxygens (including phenoxy) is 1. The predicted octanol–water partition coefficient (Wildman–Crippen LogP) is 3.78. The van der Waals surface area contributed by atoms with Crippen molar-refractivity contribution in [2.24, 2.45) is 0 Å². The Morgan fingerprint density at radius 3 is 2.95 bits per heavy atom. The molecule has 0 N–H and O–H groups in total. The average molecular weight is 361 g/mol. The van der Waals surface area contributed by atoms with Gasteiger partial charge >= 0.3 is 0 Å². The van der Waals surface area contributed by atoms with Crippen LogP contribution >= 0.6 is 27.5 Å². The monoisotopic (exact) mass is 359 g/mol. The summed E-state index contributed by atoms with van der Waals surface area (Å²) in [5, 5.41) is 0.507. The van der Waals surface area contributed by atoms with E-state index in [0.29, 0.717) is 23.0 Å². The number of morpholine rings is 1. The van der Waals surface area contributed by atoms with Gasteiger partial charge in [0, 0.05) is 35.6 Å². The van der Waals surface area contributed by atoms with Gasteiger partial charge in [0.15, 0.2) is 5.78 Å². The standard InChI is InChI=1S/C15H19BrClNO2/c1-10-9-20-11(2)8-18(10)6-5-15(19)13-4-3-12(16)7-14(13)17/h3-4,7,10-11H,5-6,8-9H2,1-2H3. The van der Waals surface area contributed by atoms with Crippen molar-refractivity contribution in [3.8, 4) is 0 Å². The van der Waals surface area contributed by atoms with Gasteiger partial charge < -0.3 is 4.74 Å². The van der Waals surface area contributed by atoms with Gasteiger partial charge in [-0.2, -0.15) is 0 Å². The minimum Gasteiger partial charge on any atom is -0.376 e. The van der Waals surface area contributed by atoms with Crippen molar-refractivity contribution >= 4 is 33.3 Å². The summed E-state index contributed by atoms with van der Waals surface area (Å²) in [6, 6.07) is 5.74. The van der Waals surface area contributed by atoms with E-state index < -0.39 is 0 Å². The van der Waals surface area contributed by atoms with Crippen molar-refractivity contribution in [2.75, 3.05) is 19.7 Å². The molecule has 20 heavy (non-hydrogen) atoms. The van der Waals surface area contributed by atoms with Gasteiger partial charge in [0.25, 0.3) is 0 Å². The smallest absolute Gasteiger partial charge is 0.165 e. The molecule has 0 bridgehead atoms. The number of hydrogen-bond donors (Lipinski definition) is 0. The molecule has 3 nitrogen and oxygen atoms in total. The van der Waals surface area contributed by atoms with Crippen LogP contribution in [0.1, 0.15) is 30.6 Å². The van der Waals surface area contributed by atoms with E-state index in [0.717, 1.165) is 24.2 Å². The van der Waals surface area contributed by atoms with Crippen LogP contribution in [-0.4, -0.2) is 42.5 Å². The second-order valence-corrected chi connectivity index (χ2v) is 6.61. The summed E-state index contributed by atoms with van der Waals surface area (Å²) >= 11 is 9.46. The molecule has 1 heterocycles. The topological polar surface area (TPSA) is 29.5 Å². The molecule has 0 aliphatic carbocycles. The first-order chi connectivity index (χ1) is 9.47. The van der Waals surface area contributed by atoms with Gasteiger partial charge in [-0.1, -0.05) is 27.5 Å². The number of carbonyl (C=O) groups excluding carboxylic acids is 1. The van der Waals surface area contributed by atoms with Gasteiger partial charge in [0.05, 0.1) is 17.7 Å². The van der Waals surface area contributed by atoms with E-state index in [1.165, 1.54) is 0 Å². The maximum atomic E-state index is 12.2. The van der Waals surface area contributed by atoms with E-state index in [2.05, 4.69) is 34.7 Å². The summed E-state index contributed by atoms with van der Waals surface area (Å²) < 4.78 is 6.48. The number of hydrogen-bond acceptors (Lipinski definition) is 3. The SMILES string of the molecule is CC1CN(CCC(=O)c2ccc(Br)cc2Cl)C(C)CO1. The van der Waals surface area contributed by atoms with Crippen molar-refractivity contribution in [1.29, 1.82) is 0 Å². The summed E-state index contributed by atoms with van der Waals surface area (Å²) in [6.45, 7) is 6.55. The Balaban J connectivity index is 1.94. The van der Waals surface area contributed by atoms with E-state index in [-0.39, 0.29) is 11.9 Å². The fraction of sp³-hybridized carbons (Fsp3) is 0.533. The summed E-state index contributed by atoms with van der Waals surface area (Å²) in [5.74, 6) is 0.0915. The van der Waals surface area contributed by atoms with E-state index in [4.69, 9.17) is 16.3 Å². The molecular weight excluding hydrogens is 342 g/mol. The Hall–Kier alpha value is -0.420. The first-order valence-corrected chi connectivity index (χ1v) is 7.98. The van der Waals surface area contributed by atoms with Crippen molar-refractivity contribution in [1.82, 2.24) is 4.90 Å². The second-order valence-electron chi connectivity index (χ2n) is 5.29. The predicted molar refractivity (Wildman–Crippen MR) is 84.5 cm³/mol. The van der Waals surface area contributed by atoms with Gasteiger partial charge in [-0.25, -0.2) is 0 Å². The Morgan fingerprint density at radius 2 is 2.25 bits per heavy atom. The van der Waals surface area contributed by atoms with E-state index in [1.807, 2.05) is 6.07 Å². The first-order valence-electron chi connectivity index (χ1n) is 6.81. The van der Waals surface area contributed by atoms with Crippen molar-refractivity contribution < 1.29 is 9.53 Å². The highest BCUT2D eigenvalue weighted by molar-refractivity contribution is 9.10. The molecule has 0 saturated carbocycles.